The molecule has 17 heteroatoms. The van der Waals surface area contributed by atoms with Gasteiger partial charge in [-0.3, -0.25) is 4.79 Å². The molecule has 92 heavy (non-hydrogen) atoms. The maximum atomic E-state index is 16.5. The average molecular weight is 1270 g/mol. The predicted molar refractivity (Wildman–Crippen MR) is 346 cm³/mol. The third-order valence-corrected chi connectivity index (χ3v) is 25.1. The summed E-state index contributed by atoms with van der Waals surface area (Å²) >= 11 is 0. The third-order valence-electron chi connectivity index (χ3n) is 25.1. The topological polar surface area (TPSA) is 186 Å². The van der Waals surface area contributed by atoms with E-state index >= 15 is 4.79 Å². The normalized spacial score (nSPS) is 43.5. The number of fused-ring (bicyclic) bond motifs is 8. The fraction of sp³-hybridized carbons (Fsp3) is 0.720. The minimum absolute atomic E-state index is 0.0467. The summed E-state index contributed by atoms with van der Waals surface area (Å²) in [6.07, 6.45) is 1.68. The Morgan fingerprint density at radius 1 is 0.674 bits per heavy atom. The van der Waals surface area contributed by atoms with Gasteiger partial charge in [-0.25, -0.2) is 0 Å². The number of carbonyl (C=O) groups excluding carboxylic acids is 1. The molecule has 5 aliphatic carbocycles. The number of ether oxygens (including phenoxy) is 13. The van der Waals surface area contributed by atoms with Gasteiger partial charge in [0.15, 0.2) is 18.4 Å². The number of benzene rings is 3. The minimum Gasteiger partial charge on any atom is -0.432 e. The van der Waals surface area contributed by atoms with E-state index in [1.54, 1.807) is 7.11 Å². The fourth-order valence-electron chi connectivity index (χ4n) is 19.5. The number of azide groups is 1. The lowest BCUT2D eigenvalue weighted by Crippen LogP contribution is -2.69. The summed E-state index contributed by atoms with van der Waals surface area (Å²) in [5, 5.41) is 4.39. The second-order valence-corrected chi connectivity index (χ2v) is 31.1. The Morgan fingerprint density at radius 3 is 1.97 bits per heavy atom. The molecule has 0 spiro atoms. The number of esters is 1. The van der Waals surface area contributed by atoms with Gasteiger partial charge in [0.1, 0.15) is 35.9 Å². The van der Waals surface area contributed by atoms with Crippen LogP contribution in [0.3, 0.4) is 0 Å². The van der Waals surface area contributed by atoms with Gasteiger partial charge in [-0.05, 0) is 159 Å². The summed E-state index contributed by atoms with van der Waals surface area (Å²) in [6, 6.07) is 29.3. The van der Waals surface area contributed by atoms with E-state index in [2.05, 4.69) is 83.6 Å². The Kier molecular flexibility index (Phi) is 19.6. The molecular formula is C75H105N3O14. The van der Waals surface area contributed by atoms with E-state index in [4.69, 9.17) is 61.6 Å². The Hall–Kier alpha value is -4.30. The number of methoxy groups -OCH3 is 2. The molecule has 8 fully saturated rings. The molecule has 504 valence electrons. The van der Waals surface area contributed by atoms with E-state index in [0.717, 1.165) is 55.2 Å². The first kappa shape index (κ1) is 67.7. The minimum atomic E-state index is -1.31. The molecule has 3 aromatic rings. The molecule has 4 aliphatic heterocycles. The molecular weight excluding hydrogens is 1170 g/mol. The van der Waals surface area contributed by atoms with Crippen LogP contribution in [0.25, 0.3) is 10.4 Å². The molecule has 17 nitrogen and oxygen atoms in total. The van der Waals surface area contributed by atoms with E-state index in [0.29, 0.717) is 50.4 Å². The maximum Gasteiger partial charge on any atom is 0.317 e. The van der Waals surface area contributed by atoms with Crippen LogP contribution in [0.5, 0.6) is 0 Å². The summed E-state index contributed by atoms with van der Waals surface area (Å²) in [4.78, 5) is 19.9. The zero-order chi connectivity index (χ0) is 65.2. The van der Waals surface area contributed by atoms with Gasteiger partial charge in [-0.15, -0.1) is 0 Å². The van der Waals surface area contributed by atoms with Crippen LogP contribution in [0, 0.1) is 62.6 Å². The van der Waals surface area contributed by atoms with Gasteiger partial charge < -0.3 is 61.6 Å². The van der Waals surface area contributed by atoms with Gasteiger partial charge in [-0.1, -0.05) is 163 Å². The largest absolute Gasteiger partial charge is 0.432 e. The van der Waals surface area contributed by atoms with Gasteiger partial charge in [0, 0.05) is 25.0 Å². The van der Waals surface area contributed by atoms with Gasteiger partial charge in [0.25, 0.3) is 0 Å². The first-order valence-corrected chi connectivity index (χ1v) is 34.5. The van der Waals surface area contributed by atoms with Crippen LogP contribution >= 0.6 is 0 Å². The van der Waals surface area contributed by atoms with Crippen LogP contribution in [0.4, 0.5) is 0 Å². The second-order valence-electron chi connectivity index (χ2n) is 31.1. The van der Waals surface area contributed by atoms with Crippen molar-refractivity contribution in [3.8, 4) is 0 Å². The van der Waals surface area contributed by atoms with Crippen molar-refractivity contribution < 1.29 is 66.4 Å². The summed E-state index contributed by atoms with van der Waals surface area (Å²) in [6.45, 7) is 28.1. The van der Waals surface area contributed by atoms with Crippen molar-refractivity contribution >= 4 is 5.97 Å². The smallest absolute Gasteiger partial charge is 0.317 e. The summed E-state index contributed by atoms with van der Waals surface area (Å²) in [5.41, 5.74) is 13.1. The standard InChI is InChI=1S/C75H105N3O14/c1-45-32-34-71(9)56-31-30-52-53-38-69(5,6)36-37-75(53,58(80-13)39-73(52,11)72(56,10)35-33-57(71)74(45,12)81-14)68(79)90-66-61(46(2)59(77-78-76)54(87-66)43-82-40-49-24-18-15-19-25-49)88-67-64-63(91-70(7,8)92-64)62(48(4)86-67)89-65-47(3)60(84-42-51-28-22-17-23-29-51)55(44-85-65)83-41-50-26-20-16-21-27-50/h15-30,45-48,53-67H,31-44H2,1-14H3/t45-,46?,47?,48?,53?,54?,55+,56?,57+,58?,59+,60?,61?,62-,63?,64?,65-,66-,67-,71?,72-,73+,74-,75+/m0/s1. The highest BCUT2D eigenvalue weighted by molar-refractivity contribution is 5.80. The van der Waals surface area contributed by atoms with Gasteiger partial charge in [0.05, 0.1) is 69.1 Å². The number of allylic oxidation sites excluding steroid dienone is 2. The van der Waals surface area contributed by atoms with Crippen molar-refractivity contribution in [2.75, 3.05) is 27.4 Å². The Labute approximate surface area is 546 Å². The van der Waals surface area contributed by atoms with Crippen molar-refractivity contribution in [1.29, 1.82) is 0 Å². The Morgan fingerprint density at radius 2 is 1.32 bits per heavy atom. The first-order valence-electron chi connectivity index (χ1n) is 34.5. The summed E-state index contributed by atoms with van der Waals surface area (Å²) < 4.78 is 88.9. The molecule has 0 bridgehead atoms. The molecule has 9 aliphatic rings. The van der Waals surface area contributed by atoms with Gasteiger partial charge in [-0.2, -0.15) is 0 Å². The van der Waals surface area contributed by atoms with Crippen LogP contribution in [0.2, 0.25) is 0 Å². The van der Waals surface area contributed by atoms with Crippen LogP contribution in [-0.2, 0) is 86.2 Å². The van der Waals surface area contributed by atoms with Crippen molar-refractivity contribution in [2.45, 2.75) is 252 Å². The monoisotopic (exact) mass is 1270 g/mol. The molecule has 12 rings (SSSR count). The number of carbonyl (C=O) groups is 1. The number of hydrogen-bond acceptors (Lipinski definition) is 15. The zero-order valence-electron chi connectivity index (χ0n) is 57.2. The quantitative estimate of drug-likeness (QED) is 0.0363. The molecule has 0 radical (unpaired) electrons. The summed E-state index contributed by atoms with van der Waals surface area (Å²) in [7, 11) is 3.71. The highest BCUT2D eigenvalue weighted by atomic mass is 16.8. The highest BCUT2D eigenvalue weighted by Crippen LogP contribution is 2.76. The highest BCUT2D eigenvalue weighted by Gasteiger charge is 2.73. The van der Waals surface area contributed by atoms with E-state index in [-0.39, 0.29) is 64.4 Å². The van der Waals surface area contributed by atoms with Crippen LogP contribution in [0.1, 0.15) is 158 Å². The fourth-order valence-corrected chi connectivity index (χ4v) is 19.5. The lowest BCUT2D eigenvalue weighted by atomic mass is 9.33. The first-order chi connectivity index (χ1) is 43.9. The summed E-state index contributed by atoms with van der Waals surface area (Å²) in [5.74, 6) is -1.22. The van der Waals surface area contributed by atoms with Crippen molar-refractivity contribution in [3.63, 3.8) is 0 Å². The van der Waals surface area contributed by atoms with E-state index in [9.17, 15) is 5.53 Å². The van der Waals surface area contributed by atoms with Crippen molar-refractivity contribution in [2.24, 2.45) is 67.7 Å². The molecule has 12 unspecified atom stereocenters. The molecule has 24 atom stereocenters. The van der Waals surface area contributed by atoms with E-state index in [1.807, 2.05) is 114 Å². The van der Waals surface area contributed by atoms with Crippen LogP contribution in [-0.4, -0.2) is 125 Å². The average Bonchev–Trinajstić information content (AvgIpc) is 0.745. The lowest BCUT2D eigenvalue weighted by molar-refractivity contribution is -0.354. The molecule has 4 saturated carbocycles. The van der Waals surface area contributed by atoms with Gasteiger partial charge >= 0.3 is 5.97 Å². The number of nitrogens with zero attached hydrogens (tertiary/aromatic N) is 3. The number of rotatable bonds is 19. The van der Waals surface area contributed by atoms with E-state index < -0.39 is 90.9 Å². The maximum absolute atomic E-state index is 16.5. The molecule has 3 aromatic carbocycles. The lowest BCUT2D eigenvalue weighted by Gasteiger charge is -2.72. The third kappa shape index (κ3) is 12.3. The number of hydrogen-bond donors (Lipinski definition) is 0. The molecule has 0 amide bonds. The Balaban J connectivity index is 0.839. The second kappa shape index (κ2) is 26.6. The zero-order valence-corrected chi connectivity index (χ0v) is 57.2. The molecule has 0 aromatic heterocycles. The van der Waals surface area contributed by atoms with Crippen molar-refractivity contribution in [3.05, 3.63) is 130 Å². The van der Waals surface area contributed by atoms with Crippen LogP contribution in [0.15, 0.2) is 108 Å². The van der Waals surface area contributed by atoms with Crippen molar-refractivity contribution in [1.82, 2.24) is 0 Å². The molecule has 0 N–H and O–H groups in total. The van der Waals surface area contributed by atoms with Gasteiger partial charge in [0.2, 0.25) is 6.29 Å². The van der Waals surface area contributed by atoms with E-state index in [1.165, 1.54) is 12.0 Å². The SMILES string of the molecule is COC1C[C@]2(C)C(=CCC3C4(C)CC[C@H](C)[C@](C)(OC)[C@@H]4CC[C@@]32C)C2CC(C)(C)CC[C@]12C(=O)O[C@@H]1OC(COCc2ccccc2)[C@H](N=[N+]=[N-])C(C)C1O[C@@H]1OC(C)[C@H](O[C@@H]2OC[C@@H](OCc3ccccc3)C(OCc3ccccc3)C2C)C2OC(C)(C)OC21. The molecule has 4 saturated heterocycles. The Bertz CT molecular complexity index is 3100. The van der Waals surface area contributed by atoms with Crippen LogP contribution < -0.4 is 0 Å². The molecule has 4 heterocycles. The predicted octanol–water partition coefficient (Wildman–Crippen LogP) is 14.4.